The van der Waals surface area contributed by atoms with E-state index in [2.05, 4.69) is 15.4 Å². The number of benzene rings is 1. The molecule has 2 rings (SSSR count). The molecule has 0 amide bonds. The van der Waals surface area contributed by atoms with Crippen molar-refractivity contribution in [3.63, 3.8) is 0 Å². The van der Waals surface area contributed by atoms with Gasteiger partial charge >= 0.3 is 0 Å². The predicted molar refractivity (Wildman–Crippen MR) is 83.0 cm³/mol. The van der Waals surface area contributed by atoms with Crippen molar-refractivity contribution in [2.45, 2.75) is 36.9 Å². The Kier molecular flexibility index (Phi) is 5.21. The second-order valence-corrected chi connectivity index (χ2v) is 7.20. The van der Waals surface area contributed by atoms with Crippen LogP contribution in [0.1, 0.15) is 13.8 Å². The molecule has 2 atom stereocenters. The lowest BCUT2D eigenvalue weighted by Gasteiger charge is -2.20. The first-order valence-corrected chi connectivity index (χ1v) is 8.53. The number of nitrogens with one attached hydrogen (secondary N) is 3. The van der Waals surface area contributed by atoms with Crippen LogP contribution in [0.15, 0.2) is 29.2 Å². The maximum absolute atomic E-state index is 12.0. The lowest BCUT2D eigenvalue weighted by molar-refractivity contribution is 0.111. The van der Waals surface area contributed by atoms with Crippen molar-refractivity contribution in [1.29, 1.82) is 0 Å². The molecule has 21 heavy (non-hydrogen) atoms. The molecule has 0 saturated carbocycles. The molecule has 118 valence electrons. The van der Waals surface area contributed by atoms with Crippen molar-refractivity contribution in [2.24, 2.45) is 0 Å². The summed E-state index contributed by atoms with van der Waals surface area (Å²) in [5.41, 5.74) is 0.884. The smallest absolute Gasteiger partial charge is 0.240 e. The molecule has 1 aromatic rings. The van der Waals surface area contributed by atoms with Gasteiger partial charge in [0.25, 0.3) is 0 Å². The average molecular weight is 313 g/mol. The van der Waals surface area contributed by atoms with Gasteiger partial charge in [-0.1, -0.05) is 0 Å². The van der Waals surface area contributed by atoms with Crippen molar-refractivity contribution in [3.05, 3.63) is 24.3 Å². The van der Waals surface area contributed by atoms with E-state index >= 15 is 0 Å². The largest absolute Gasteiger partial charge is 0.378 e. The van der Waals surface area contributed by atoms with E-state index in [1.807, 2.05) is 0 Å². The standard InChI is InChI=1S/C14H23N3O3S/c1-10(2)17-21(18,19)12-6-4-11(5-7-12)16-13-8-15-9-14(13)20-3/h4-7,10,13-17H,8-9H2,1-3H3/t13?,14-/m0/s1. The third kappa shape index (κ3) is 4.16. The quantitative estimate of drug-likeness (QED) is 0.723. The van der Waals surface area contributed by atoms with Gasteiger partial charge in [-0.15, -0.1) is 0 Å². The first-order chi connectivity index (χ1) is 9.92. The number of methoxy groups -OCH3 is 1. The summed E-state index contributed by atoms with van der Waals surface area (Å²) in [6.07, 6.45) is 0.121. The summed E-state index contributed by atoms with van der Waals surface area (Å²) in [5, 5.41) is 6.62. The Hall–Kier alpha value is -1.15. The second-order valence-electron chi connectivity index (χ2n) is 5.48. The molecule has 0 aliphatic carbocycles. The average Bonchev–Trinajstić information content (AvgIpc) is 2.85. The lowest BCUT2D eigenvalue weighted by atomic mass is 10.2. The van der Waals surface area contributed by atoms with Gasteiger partial charge in [-0.3, -0.25) is 0 Å². The molecule has 7 heteroatoms. The van der Waals surface area contributed by atoms with Crippen LogP contribution in [0.25, 0.3) is 0 Å². The van der Waals surface area contributed by atoms with E-state index < -0.39 is 10.0 Å². The fourth-order valence-corrected chi connectivity index (χ4v) is 3.62. The fourth-order valence-electron chi connectivity index (χ4n) is 2.37. The van der Waals surface area contributed by atoms with Crippen LogP contribution in [-0.4, -0.2) is 46.8 Å². The lowest BCUT2D eigenvalue weighted by Crippen LogP contribution is -2.33. The number of ether oxygens (including phenoxy) is 1. The summed E-state index contributed by atoms with van der Waals surface area (Å²) in [5.74, 6) is 0. The van der Waals surface area contributed by atoms with Crippen LogP contribution in [0.2, 0.25) is 0 Å². The van der Waals surface area contributed by atoms with Crippen LogP contribution in [0.4, 0.5) is 5.69 Å². The molecule has 1 heterocycles. The van der Waals surface area contributed by atoms with Crippen molar-refractivity contribution in [1.82, 2.24) is 10.0 Å². The van der Waals surface area contributed by atoms with E-state index in [1.54, 1.807) is 45.2 Å². The molecule has 1 fully saturated rings. The summed E-state index contributed by atoms with van der Waals surface area (Å²) < 4.78 is 32.0. The third-order valence-corrected chi connectivity index (χ3v) is 5.04. The zero-order chi connectivity index (χ0) is 15.5. The molecule has 0 aromatic heterocycles. The van der Waals surface area contributed by atoms with Crippen molar-refractivity contribution >= 4 is 15.7 Å². The second kappa shape index (κ2) is 6.74. The monoisotopic (exact) mass is 313 g/mol. The predicted octanol–water partition coefficient (Wildman–Crippen LogP) is 0.772. The number of rotatable bonds is 6. The van der Waals surface area contributed by atoms with Gasteiger partial charge in [0.15, 0.2) is 0 Å². The van der Waals surface area contributed by atoms with E-state index in [-0.39, 0.29) is 23.1 Å². The highest BCUT2D eigenvalue weighted by molar-refractivity contribution is 7.89. The minimum Gasteiger partial charge on any atom is -0.378 e. The molecule has 1 unspecified atom stereocenters. The Labute approximate surface area is 126 Å². The highest BCUT2D eigenvalue weighted by Crippen LogP contribution is 2.17. The van der Waals surface area contributed by atoms with Gasteiger partial charge in [0.1, 0.15) is 0 Å². The van der Waals surface area contributed by atoms with Crippen molar-refractivity contribution in [3.8, 4) is 0 Å². The molecule has 1 saturated heterocycles. The van der Waals surface area contributed by atoms with Crippen LogP contribution in [0.5, 0.6) is 0 Å². The van der Waals surface area contributed by atoms with Gasteiger partial charge < -0.3 is 15.4 Å². The summed E-state index contributed by atoms with van der Waals surface area (Å²) in [7, 11) is -1.74. The summed E-state index contributed by atoms with van der Waals surface area (Å²) in [4.78, 5) is 0.273. The Morgan fingerprint density at radius 3 is 2.48 bits per heavy atom. The topological polar surface area (TPSA) is 79.5 Å². The molecule has 0 radical (unpaired) electrons. The van der Waals surface area contributed by atoms with Gasteiger partial charge in [-0.2, -0.15) is 0 Å². The van der Waals surface area contributed by atoms with Crippen LogP contribution in [0.3, 0.4) is 0 Å². The van der Waals surface area contributed by atoms with E-state index in [4.69, 9.17) is 4.74 Å². The maximum atomic E-state index is 12.0. The fraction of sp³-hybridized carbons (Fsp3) is 0.571. The normalized spacial score (nSPS) is 22.7. The molecule has 0 bridgehead atoms. The van der Waals surface area contributed by atoms with E-state index in [9.17, 15) is 8.42 Å². The SMILES string of the molecule is CO[C@H]1CNCC1Nc1ccc(S(=O)(=O)NC(C)C)cc1. The number of anilines is 1. The van der Waals surface area contributed by atoms with Crippen LogP contribution in [0, 0.1) is 0 Å². The van der Waals surface area contributed by atoms with Crippen molar-refractivity contribution in [2.75, 3.05) is 25.5 Å². The Morgan fingerprint density at radius 1 is 1.24 bits per heavy atom. The molecule has 1 aliphatic heterocycles. The molecule has 6 nitrogen and oxygen atoms in total. The van der Waals surface area contributed by atoms with Crippen molar-refractivity contribution < 1.29 is 13.2 Å². The number of sulfonamides is 1. The highest BCUT2D eigenvalue weighted by atomic mass is 32.2. The van der Waals surface area contributed by atoms with Crippen LogP contribution < -0.4 is 15.4 Å². The first kappa shape index (κ1) is 16.2. The van der Waals surface area contributed by atoms with E-state index in [0.29, 0.717) is 0 Å². The van der Waals surface area contributed by atoms with Crippen LogP contribution >= 0.6 is 0 Å². The summed E-state index contributed by atoms with van der Waals surface area (Å²) in [6.45, 7) is 5.24. The number of hydrogen-bond donors (Lipinski definition) is 3. The molecule has 1 aromatic carbocycles. The Balaban J connectivity index is 2.05. The molecule has 1 aliphatic rings. The zero-order valence-corrected chi connectivity index (χ0v) is 13.4. The molecule has 3 N–H and O–H groups in total. The van der Waals surface area contributed by atoms with E-state index in [0.717, 1.165) is 18.8 Å². The maximum Gasteiger partial charge on any atom is 0.240 e. The van der Waals surface area contributed by atoms with E-state index in [1.165, 1.54) is 0 Å². The minimum atomic E-state index is -3.43. The van der Waals surface area contributed by atoms with Gasteiger partial charge in [0.2, 0.25) is 10.0 Å². The Morgan fingerprint density at radius 2 is 1.90 bits per heavy atom. The number of hydrogen-bond acceptors (Lipinski definition) is 5. The van der Waals surface area contributed by atoms with Gasteiger partial charge in [-0.05, 0) is 38.1 Å². The van der Waals surface area contributed by atoms with Gasteiger partial charge in [-0.25, -0.2) is 13.1 Å². The summed E-state index contributed by atoms with van der Waals surface area (Å²) in [6, 6.07) is 6.83. The third-order valence-electron chi connectivity index (χ3n) is 3.37. The molecular weight excluding hydrogens is 290 g/mol. The highest BCUT2D eigenvalue weighted by Gasteiger charge is 2.26. The first-order valence-electron chi connectivity index (χ1n) is 7.05. The molecular formula is C14H23N3O3S. The van der Waals surface area contributed by atoms with Gasteiger partial charge in [0.05, 0.1) is 17.0 Å². The van der Waals surface area contributed by atoms with Crippen LogP contribution in [-0.2, 0) is 14.8 Å². The molecule has 0 spiro atoms. The summed E-state index contributed by atoms with van der Waals surface area (Å²) >= 11 is 0. The zero-order valence-electron chi connectivity index (χ0n) is 12.6. The van der Waals surface area contributed by atoms with Gasteiger partial charge in [0, 0.05) is 31.9 Å². The minimum absolute atomic E-state index is 0.121. The Bertz CT molecular complexity index is 557.